The molecule has 0 bridgehead atoms. The molecule has 0 aromatic heterocycles. The summed E-state index contributed by atoms with van der Waals surface area (Å²) in [5.41, 5.74) is 0. The number of carboxylic acid groups (broad SMARTS) is 1. The number of carbonyl (C=O) groups excluding carboxylic acids is 1. The van der Waals surface area contributed by atoms with Crippen molar-refractivity contribution >= 4 is 24.6 Å². The normalized spacial score (nSPS) is 19.1. The van der Waals surface area contributed by atoms with E-state index in [4.69, 9.17) is 14.6 Å². The molecule has 1 fully saturated rings. The maximum atomic E-state index is 11.5. The van der Waals surface area contributed by atoms with E-state index in [-0.39, 0.29) is 6.61 Å². The van der Waals surface area contributed by atoms with E-state index in [0.717, 1.165) is 12.8 Å². The van der Waals surface area contributed by atoms with Gasteiger partial charge in [-0.25, -0.2) is 4.79 Å². The Labute approximate surface area is 119 Å². The number of hydrogen-bond donors (Lipinski definition) is 2. The molecule has 2 atom stereocenters. The maximum Gasteiger partial charge on any atom is 0.347 e. The summed E-state index contributed by atoms with van der Waals surface area (Å²) in [6, 6.07) is 0. The quantitative estimate of drug-likeness (QED) is 0.526. The van der Waals surface area contributed by atoms with Crippen molar-refractivity contribution in [3.63, 3.8) is 0 Å². The van der Waals surface area contributed by atoms with E-state index in [0.29, 0.717) is 18.3 Å². The van der Waals surface area contributed by atoms with Gasteiger partial charge in [0.15, 0.2) is 0 Å². The maximum absolute atomic E-state index is 11.5. The van der Waals surface area contributed by atoms with Crippen LogP contribution in [0.4, 0.5) is 0 Å². The molecule has 1 aliphatic rings. The summed E-state index contributed by atoms with van der Waals surface area (Å²) in [7, 11) is 0. The number of carbonyl (C=O) groups is 2. The van der Waals surface area contributed by atoms with Crippen LogP contribution in [0.15, 0.2) is 0 Å². The van der Waals surface area contributed by atoms with Gasteiger partial charge in [-0.15, -0.1) is 0 Å². The number of rotatable bonds is 8. The van der Waals surface area contributed by atoms with E-state index in [1.54, 1.807) is 6.92 Å². The van der Waals surface area contributed by atoms with Gasteiger partial charge in [-0.2, -0.15) is 12.6 Å². The van der Waals surface area contributed by atoms with Gasteiger partial charge in [-0.3, -0.25) is 4.79 Å². The monoisotopic (exact) mass is 290 g/mol. The van der Waals surface area contributed by atoms with Crippen LogP contribution in [0.25, 0.3) is 0 Å². The second-order valence-electron chi connectivity index (χ2n) is 5.04. The van der Waals surface area contributed by atoms with Gasteiger partial charge in [-0.05, 0) is 18.8 Å². The van der Waals surface area contributed by atoms with Gasteiger partial charge in [-0.1, -0.05) is 19.8 Å². The van der Waals surface area contributed by atoms with Gasteiger partial charge < -0.3 is 14.6 Å². The zero-order valence-corrected chi connectivity index (χ0v) is 12.1. The van der Waals surface area contributed by atoms with Gasteiger partial charge in [0.05, 0.1) is 12.5 Å². The zero-order chi connectivity index (χ0) is 14.3. The molecule has 1 N–H and O–H groups in total. The molecule has 0 spiro atoms. The SMILES string of the molecule is C[C@H](CS)C(=O)O[C@@H](COCC1CCCC1)C(=O)O. The topological polar surface area (TPSA) is 72.8 Å². The third kappa shape index (κ3) is 5.82. The molecular formula is C13H22O5S. The summed E-state index contributed by atoms with van der Waals surface area (Å²) in [4.78, 5) is 22.5. The van der Waals surface area contributed by atoms with Crippen molar-refractivity contribution in [1.82, 2.24) is 0 Å². The highest BCUT2D eigenvalue weighted by atomic mass is 32.1. The molecule has 0 heterocycles. The van der Waals surface area contributed by atoms with Gasteiger partial charge in [0.2, 0.25) is 6.10 Å². The van der Waals surface area contributed by atoms with E-state index >= 15 is 0 Å². The predicted octanol–water partition coefficient (Wildman–Crippen LogP) is 1.76. The van der Waals surface area contributed by atoms with Crippen molar-refractivity contribution in [2.45, 2.75) is 38.7 Å². The van der Waals surface area contributed by atoms with Gasteiger partial charge in [0.1, 0.15) is 0 Å². The molecule has 0 unspecified atom stereocenters. The zero-order valence-electron chi connectivity index (χ0n) is 11.2. The lowest BCUT2D eigenvalue weighted by molar-refractivity contribution is -0.170. The van der Waals surface area contributed by atoms with E-state index in [9.17, 15) is 9.59 Å². The molecule has 6 heteroatoms. The molecule has 110 valence electrons. The van der Waals surface area contributed by atoms with Crippen molar-refractivity contribution in [3.8, 4) is 0 Å². The Balaban J connectivity index is 2.31. The molecule has 5 nitrogen and oxygen atoms in total. The highest BCUT2D eigenvalue weighted by Gasteiger charge is 2.25. The highest BCUT2D eigenvalue weighted by Crippen LogP contribution is 2.24. The summed E-state index contributed by atoms with van der Waals surface area (Å²) in [6.45, 7) is 2.11. The number of esters is 1. The lowest BCUT2D eigenvalue weighted by Crippen LogP contribution is -2.34. The minimum absolute atomic E-state index is 0.0864. The first-order valence-corrected chi connectivity index (χ1v) is 7.29. The Morgan fingerprint density at radius 3 is 2.53 bits per heavy atom. The average molecular weight is 290 g/mol. The van der Waals surface area contributed by atoms with Crippen molar-refractivity contribution < 1.29 is 24.2 Å². The average Bonchev–Trinajstić information content (AvgIpc) is 2.89. The smallest absolute Gasteiger partial charge is 0.347 e. The van der Waals surface area contributed by atoms with Gasteiger partial charge in [0.25, 0.3) is 0 Å². The summed E-state index contributed by atoms with van der Waals surface area (Å²) in [6.07, 6.45) is 3.47. The third-order valence-corrected chi connectivity index (χ3v) is 3.86. The number of carboxylic acids is 1. The summed E-state index contributed by atoms with van der Waals surface area (Å²) >= 11 is 3.98. The minimum Gasteiger partial charge on any atom is -0.478 e. The molecule has 1 saturated carbocycles. The molecule has 0 aromatic rings. The van der Waals surface area contributed by atoms with Crippen LogP contribution < -0.4 is 0 Å². The predicted molar refractivity (Wildman–Crippen MR) is 73.3 cm³/mol. The van der Waals surface area contributed by atoms with Crippen LogP contribution in [-0.2, 0) is 19.1 Å². The Morgan fingerprint density at radius 2 is 2.00 bits per heavy atom. The first kappa shape index (κ1) is 16.3. The summed E-state index contributed by atoms with van der Waals surface area (Å²) < 4.78 is 10.3. The first-order valence-electron chi connectivity index (χ1n) is 6.66. The molecule has 1 rings (SSSR count). The van der Waals surface area contributed by atoms with E-state index < -0.39 is 24.0 Å². The van der Waals surface area contributed by atoms with Crippen LogP contribution >= 0.6 is 12.6 Å². The Morgan fingerprint density at radius 1 is 1.37 bits per heavy atom. The second-order valence-corrected chi connectivity index (χ2v) is 5.40. The van der Waals surface area contributed by atoms with Crippen molar-refractivity contribution in [2.24, 2.45) is 11.8 Å². The van der Waals surface area contributed by atoms with Crippen LogP contribution in [0, 0.1) is 11.8 Å². The van der Waals surface area contributed by atoms with Crippen molar-refractivity contribution in [2.75, 3.05) is 19.0 Å². The Kier molecular flexibility index (Phi) is 7.23. The lowest BCUT2D eigenvalue weighted by Gasteiger charge is -2.17. The number of hydrogen-bond acceptors (Lipinski definition) is 5. The van der Waals surface area contributed by atoms with E-state index in [1.165, 1.54) is 12.8 Å². The number of ether oxygens (including phenoxy) is 2. The molecule has 0 radical (unpaired) electrons. The Hall–Kier alpha value is -0.750. The Bertz CT molecular complexity index is 301. The largest absolute Gasteiger partial charge is 0.478 e. The van der Waals surface area contributed by atoms with Crippen molar-refractivity contribution in [1.29, 1.82) is 0 Å². The number of aliphatic carboxylic acids is 1. The fraction of sp³-hybridized carbons (Fsp3) is 0.846. The van der Waals surface area contributed by atoms with E-state index in [2.05, 4.69) is 12.6 Å². The third-order valence-electron chi connectivity index (χ3n) is 3.31. The van der Waals surface area contributed by atoms with Gasteiger partial charge in [0, 0.05) is 12.4 Å². The lowest BCUT2D eigenvalue weighted by atomic mass is 10.1. The van der Waals surface area contributed by atoms with Crippen LogP contribution in [0.3, 0.4) is 0 Å². The highest BCUT2D eigenvalue weighted by molar-refractivity contribution is 7.80. The molecule has 1 aliphatic carbocycles. The molecular weight excluding hydrogens is 268 g/mol. The molecule has 0 aromatic carbocycles. The standard InChI is InChI=1S/C13H22O5S/c1-9(8-19)13(16)18-11(12(14)15)7-17-6-10-4-2-3-5-10/h9-11,19H,2-8H2,1H3,(H,14,15)/t9-,11+/m1/s1. The van der Waals surface area contributed by atoms with E-state index in [1.807, 2.05) is 0 Å². The van der Waals surface area contributed by atoms with Crippen LogP contribution in [0.5, 0.6) is 0 Å². The number of thiol groups is 1. The van der Waals surface area contributed by atoms with Crippen LogP contribution in [-0.4, -0.2) is 42.1 Å². The second kappa shape index (κ2) is 8.43. The van der Waals surface area contributed by atoms with Gasteiger partial charge >= 0.3 is 11.9 Å². The summed E-state index contributed by atoms with van der Waals surface area (Å²) in [5.74, 6) is -1.30. The molecule has 0 aliphatic heterocycles. The fourth-order valence-corrected chi connectivity index (χ4v) is 2.15. The summed E-state index contributed by atoms with van der Waals surface area (Å²) in [5, 5.41) is 8.99. The van der Waals surface area contributed by atoms with Crippen LogP contribution in [0.2, 0.25) is 0 Å². The minimum atomic E-state index is -1.23. The molecule has 19 heavy (non-hydrogen) atoms. The van der Waals surface area contributed by atoms with Crippen molar-refractivity contribution in [3.05, 3.63) is 0 Å². The van der Waals surface area contributed by atoms with Crippen LogP contribution in [0.1, 0.15) is 32.6 Å². The fourth-order valence-electron chi connectivity index (χ4n) is 2.01. The first-order chi connectivity index (χ1) is 9.04. The molecule has 0 saturated heterocycles. The molecule has 0 amide bonds.